The first-order valence-electron chi connectivity index (χ1n) is 23.4. The molecule has 0 amide bonds. The zero-order chi connectivity index (χ0) is 48.7. The lowest BCUT2D eigenvalue weighted by molar-refractivity contribution is -0.390. The summed E-state index contributed by atoms with van der Waals surface area (Å²) in [5.41, 5.74) is -2.12. The average molecular weight is 967 g/mol. The second kappa shape index (κ2) is 19.4. The third kappa shape index (κ3) is 8.63. The molecule has 67 heavy (non-hydrogen) atoms. The third-order valence-corrected chi connectivity index (χ3v) is 17.1. The molecule has 8 fully saturated rings. The number of ether oxygens (including phenoxy) is 8. The summed E-state index contributed by atoms with van der Waals surface area (Å²) < 4.78 is 47.2. The van der Waals surface area contributed by atoms with E-state index in [9.17, 15) is 76.3 Å². The van der Waals surface area contributed by atoms with Gasteiger partial charge in [0.1, 0.15) is 97.7 Å². The maximum Gasteiger partial charge on any atom is 0.314 e. The largest absolute Gasteiger partial charge is 0.432 e. The SMILES string of the molecule is C=C1C[C@@]23CC[C@H]4[C@@](C)(CCC[C@@]4(C)C(=O)O[C@@H]4O[C@H](CO)[C@@H](O)[C@H](O)[C@H]4O)[C@@H]2CC[C@]1(O[C@@H]1O[C@H](CO)[C@@H](O)[C@H](O)[C@H]1O[C@@H]1O[C@H](CO)[C@@H](O[C@H]2O[C@H](CO)[C@@H](O)[C@H](O)[C@@H]2O)[C@H](O)[C@H]1O)C3. The van der Waals surface area contributed by atoms with Crippen LogP contribution in [0.5, 0.6) is 0 Å². The average Bonchev–Trinajstić information content (AvgIpc) is 3.50. The molecule has 23 heteroatoms. The molecule has 4 aliphatic carbocycles. The van der Waals surface area contributed by atoms with E-state index in [0.29, 0.717) is 51.4 Å². The van der Waals surface area contributed by atoms with E-state index in [1.807, 2.05) is 6.92 Å². The lowest BCUT2D eigenvalue weighted by atomic mass is 9.41. The highest BCUT2D eigenvalue weighted by Gasteiger charge is 2.69. The zero-order valence-electron chi connectivity index (χ0n) is 37.5. The van der Waals surface area contributed by atoms with Crippen LogP contribution in [0.4, 0.5) is 0 Å². The van der Waals surface area contributed by atoms with Gasteiger partial charge in [0.15, 0.2) is 18.9 Å². The van der Waals surface area contributed by atoms with Crippen LogP contribution in [-0.4, -0.2) is 232 Å². The van der Waals surface area contributed by atoms with Gasteiger partial charge in [-0.2, -0.15) is 0 Å². The molecular formula is C44H70O23. The minimum absolute atomic E-state index is 0.0622. The highest BCUT2D eigenvalue weighted by atomic mass is 16.8. The van der Waals surface area contributed by atoms with E-state index in [1.165, 1.54) is 0 Å². The van der Waals surface area contributed by atoms with Gasteiger partial charge in [0, 0.05) is 0 Å². The molecule has 8 aliphatic rings. The second-order valence-electron chi connectivity index (χ2n) is 20.8. The van der Waals surface area contributed by atoms with Crippen molar-refractivity contribution in [3.05, 3.63) is 12.2 Å². The van der Waals surface area contributed by atoms with Gasteiger partial charge in [-0.25, -0.2) is 0 Å². The Morgan fingerprint density at radius 3 is 1.64 bits per heavy atom. The van der Waals surface area contributed by atoms with Gasteiger partial charge < -0.3 is 109 Å². The topological polar surface area (TPSA) is 374 Å². The maximum atomic E-state index is 14.2. The molecule has 0 aromatic heterocycles. The molecule has 4 aliphatic heterocycles. The smallest absolute Gasteiger partial charge is 0.314 e. The van der Waals surface area contributed by atoms with Crippen molar-refractivity contribution in [2.24, 2.45) is 28.1 Å². The predicted molar refractivity (Wildman–Crippen MR) is 219 cm³/mol. The molecule has 2 bridgehead atoms. The molecule has 4 heterocycles. The van der Waals surface area contributed by atoms with Crippen molar-refractivity contribution < 1.29 is 114 Å². The van der Waals surface area contributed by atoms with E-state index >= 15 is 0 Å². The summed E-state index contributed by atoms with van der Waals surface area (Å²) >= 11 is 0. The van der Waals surface area contributed by atoms with Crippen LogP contribution in [-0.2, 0) is 42.7 Å². The first-order chi connectivity index (χ1) is 31.6. The number of hydrogen-bond acceptors (Lipinski definition) is 23. The van der Waals surface area contributed by atoms with E-state index in [1.54, 1.807) is 0 Å². The number of aliphatic hydroxyl groups excluding tert-OH is 14. The molecule has 0 unspecified atom stereocenters. The highest BCUT2D eigenvalue weighted by Crippen LogP contribution is 2.73. The van der Waals surface area contributed by atoms with E-state index in [0.717, 1.165) is 12.0 Å². The second-order valence-corrected chi connectivity index (χ2v) is 20.8. The first-order valence-corrected chi connectivity index (χ1v) is 23.4. The Labute approximate surface area is 386 Å². The van der Waals surface area contributed by atoms with Crippen LogP contribution in [0.25, 0.3) is 0 Å². The maximum absolute atomic E-state index is 14.2. The molecule has 4 saturated carbocycles. The number of aliphatic hydroxyl groups is 14. The summed E-state index contributed by atoms with van der Waals surface area (Å²) in [5.74, 6) is -0.728. The van der Waals surface area contributed by atoms with Crippen molar-refractivity contribution in [1.29, 1.82) is 0 Å². The minimum atomic E-state index is -2.00. The Bertz CT molecular complexity index is 1760. The van der Waals surface area contributed by atoms with Crippen molar-refractivity contribution in [3.63, 3.8) is 0 Å². The van der Waals surface area contributed by atoms with E-state index in [2.05, 4.69) is 13.5 Å². The van der Waals surface area contributed by atoms with Gasteiger partial charge in [-0.1, -0.05) is 19.9 Å². The highest BCUT2D eigenvalue weighted by molar-refractivity contribution is 5.77. The van der Waals surface area contributed by atoms with Crippen LogP contribution in [0.2, 0.25) is 0 Å². The summed E-state index contributed by atoms with van der Waals surface area (Å²) in [6.45, 7) is 5.47. The third-order valence-electron chi connectivity index (χ3n) is 17.1. The molecule has 8 rings (SSSR count). The zero-order valence-corrected chi connectivity index (χ0v) is 37.5. The van der Waals surface area contributed by atoms with Crippen LogP contribution < -0.4 is 0 Å². The normalized spacial score (nSPS) is 54.5. The number of rotatable bonds is 12. The molecule has 0 aromatic rings. The fourth-order valence-corrected chi connectivity index (χ4v) is 13.5. The molecule has 26 atom stereocenters. The standard InChI is InChI=1S/C44H70O23/c1-17-11-43-9-5-22-41(2,7-4-8-42(22,3)40(59)66-38-32(57)28(53)25(50)19(13-46)61-38)23(43)6-10-44(17,16-43)67-39-35(29(54)26(51)20(14-47)62-39)65-37-33(58)30(55)34(21(15-48)63-37)64-36-31(56)27(52)24(49)18(12-45)60-36/h18-39,45-58H,1,4-16H2,2-3H3/t18-,19-,20-,21-,22+,23+,24-,25-,26-,27+,28+,29+,30-,31+,32-,33-,34-,35-,36-,37+,38+,39+,41-,42-,43-,44+/m1/s1. The Morgan fingerprint density at radius 2 is 1.04 bits per heavy atom. The summed E-state index contributed by atoms with van der Waals surface area (Å²) in [5, 5.41) is 147. The van der Waals surface area contributed by atoms with Crippen molar-refractivity contribution in [2.45, 2.75) is 200 Å². The number of carbonyl (C=O) groups excluding carboxylic acids is 1. The van der Waals surface area contributed by atoms with E-state index in [-0.39, 0.29) is 17.3 Å². The molecule has 1 spiro atoms. The van der Waals surface area contributed by atoms with E-state index < -0.39 is 172 Å². The van der Waals surface area contributed by atoms with E-state index in [4.69, 9.17) is 37.9 Å². The fraction of sp³-hybridized carbons (Fsp3) is 0.932. The van der Waals surface area contributed by atoms with Crippen molar-refractivity contribution >= 4 is 5.97 Å². The van der Waals surface area contributed by atoms with Crippen LogP contribution in [0.1, 0.15) is 71.6 Å². The van der Waals surface area contributed by atoms with Crippen molar-refractivity contribution in [2.75, 3.05) is 26.4 Å². The number of esters is 1. The van der Waals surface area contributed by atoms with Crippen molar-refractivity contribution in [3.8, 4) is 0 Å². The molecule has 0 aromatic carbocycles. The van der Waals surface area contributed by atoms with Gasteiger partial charge in [-0.15, -0.1) is 0 Å². The molecular weight excluding hydrogens is 896 g/mol. The summed E-state index contributed by atoms with van der Waals surface area (Å²) in [7, 11) is 0. The van der Waals surface area contributed by atoms with Crippen LogP contribution in [0.15, 0.2) is 12.2 Å². The van der Waals surface area contributed by atoms with Crippen LogP contribution >= 0.6 is 0 Å². The lowest BCUT2D eigenvalue weighted by Gasteiger charge is -2.64. The fourth-order valence-electron chi connectivity index (χ4n) is 13.5. The van der Waals surface area contributed by atoms with Gasteiger partial charge in [0.05, 0.1) is 37.4 Å². The molecule has 0 radical (unpaired) electrons. The molecule has 4 saturated heterocycles. The Balaban J connectivity index is 0.982. The molecule has 23 nitrogen and oxygen atoms in total. The number of carbonyl (C=O) groups is 1. The summed E-state index contributed by atoms with van der Waals surface area (Å²) in [6, 6.07) is 0. The van der Waals surface area contributed by atoms with Gasteiger partial charge in [0.25, 0.3) is 0 Å². The monoisotopic (exact) mass is 966 g/mol. The predicted octanol–water partition coefficient (Wildman–Crippen LogP) is -5.11. The Hall–Kier alpha value is -1.63. The number of fused-ring (bicyclic) bond motifs is 3. The Kier molecular flexibility index (Phi) is 15.0. The van der Waals surface area contributed by atoms with Gasteiger partial charge in [-0.05, 0) is 86.5 Å². The Morgan fingerprint density at radius 1 is 0.567 bits per heavy atom. The van der Waals surface area contributed by atoms with Gasteiger partial charge >= 0.3 is 5.97 Å². The minimum Gasteiger partial charge on any atom is -0.432 e. The first kappa shape index (κ1) is 51.7. The van der Waals surface area contributed by atoms with Crippen LogP contribution in [0.3, 0.4) is 0 Å². The van der Waals surface area contributed by atoms with Gasteiger partial charge in [0.2, 0.25) is 6.29 Å². The quantitative estimate of drug-likeness (QED) is 0.0494. The summed E-state index contributed by atoms with van der Waals surface area (Å²) in [4.78, 5) is 14.2. The molecule has 14 N–H and O–H groups in total. The summed E-state index contributed by atoms with van der Waals surface area (Å²) in [6.07, 6.45) is -28.3. The van der Waals surface area contributed by atoms with Crippen molar-refractivity contribution in [1.82, 2.24) is 0 Å². The molecule has 384 valence electrons. The number of hydrogen-bond donors (Lipinski definition) is 14. The van der Waals surface area contributed by atoms with Gasteiger partial charge in [-0.3, -0.25) is 4.79 Å². The lowest BCUT2D eigenvalue weighted by Crippen LogP contribution is -2.67. The van der Waals surface area contributed by atoms with Crippen LogP contribution in [0, 0.1) is 28.1 Å².